The van der Waals surface area contributed by atoms with Crippen LogP contribution in [0, 0.1) is 5.82 Å². The molecule has 0 aliphatic rings. The molecule has 2 heterocycles. The van der Waals surface area contributed by atoms with Gasteiger partial charge in [0.05, 0.1) is 11.3 Å². The molecular weight excluding hydrogens is 343 g/mol. The van der Waals surface area contributed by atoms with E-state index < -0.39 is 5.82 Å². The Balaban J connectivity index is 1.52. The van der Waals surface area contributed by atoms with Crippen LogP contribution >= 0.6 is 11.6 Å². The Morgan fingerprint density at radius 2 is 2.08 bits per heavy atom. The fourth-order valence-corrected chi connectivity index (χ4v) is 2.59. The molecule has 0 atom stereocenters. The number of amides is 1. The molecule has 0 saturated heterocycles. The molecule has 0 aliphatic heterocycles. The van der Waals surface area contributed by atoms with Gasteiger partial charge in [0, 0.05) is 19.2 Å². The lowest BCUT2D eigenvalue weighted by atomic mass is 10.1. The van der Waals surface area contributed by atoms with Crippen LogP contribution in [-0.4, -0.2) is 10.9 Å². The van der Waals surface area contributed by atoms with Crippen LogP contribution < -0.4 is 5.32 Å². The zero-order valence-electron chi connectivity index (χ0n) is 13.3. The van der Waals surface area contributed by atoms with Crippen LogP contribution in [-0.2, 0) is 17.8 Å². The summed E-state index contributed by atoms with van der Waals surface area (Å²) in [6.07, 6.45) is 4.07. The van der Waals surface area contributed by atoms with Gasteiger partial charge in [-0.3, -0.25) is 9.78 Å². The summed E-state index contributed by atoms with van der Waals surface area (Å²) in [5.74, 6) is 0.137. The second kappa shape index (κ2) is 7.94. The molecule has 0 unspecified atom stereocenters. The van der Waals surface area contributed by atoms with E-state index in [9.17, 15) is 9.18 Å². The van der Waals surface area contributed by atoms with Crippen LogP contribution in [0.5, 0.6) is 0 Å². The third-order valence-electron chi connectivity index (χ3n) is 3.71. The number of nitrogens with zero attached hydrogens (tertiary/aromatic N) is 1. The summed E-state index contributed by atoms with van der Waals surface area (Å²) in [6.45, 7) is 0.402. The molecular formula is C19H16ClFN2O2. The Kier molecular flexibility index (Phi) is 5.46. The van der Waals surface area contributed by atoms with Crippen molar-refractivity contribution in [3.8, 4) is 11.5 Å². The van der Waals surface area contributed by atoms with Gasteiger partial charge in [0.25, 0.3) is 0 Å². The van der Waals surface area contributed by atoms with Gasteiger partial charge in [0.1, 0.15) is 11.5 Å². The molecule has 3 rings (SSSR count). The molecule has 0 saturated carbocycles. The van der Waals surface area contributed by atoms with Crippen LogP contribution in [0.3, 0.4) is 0 Å². The lowest BCUT2D eigenvalue weighted by Gasteiger charge is -2.07. The average molecular weight is 359 g/mol. The highest BCUT2D eigenvalue weighted by Gasteiger charge is 2.07. The third kappa shape index (κ3) is 4.67. The van der Waals surface area contributed by atoms with Crippen molar-refractivity contribution < 1.29 is 13.6 Å². The SMILES string of the molecule is O=C(CCc1ccc(F)c(Cl)c1)NCc1ccnc(-c2ccco2)c1. The van der Waals surface area contributed by atoms with Crippen molar-refractivity contribution in [1.29, 1.82) is 0 Å². The summed E-state index contributed by atoms with van der Waals surface area (Å²) in [7, 11) is 0. The number of rotatable bonds is 6. The minimum Gasteiger partial charge on any atom is -0.463 e. The molecule has 1 aromatic carbocycles. The molecule has 0 fully saturated rings. The summed E-state index contributed by atoms with van der Waals surface area (Å²) in [4.78, 5) is 16.3. The Hall–Kier alpha value is -2.66. The monoisotopic (exact) mass is 358 g/mol. The number of carbonyl (C=O) groups is 1. The van der Waals surface area contributed by atoms with E-state index in [0.717, 1.165) is 16.8 Å². The summed E-state index contributed by atoms with van der Waals surface area (Å²) >= 11 is 5.74. The first kappa shape index (κ1) is 17.2. The van der Waals surface area contributed by atoms with E-state index in [1.54, 1.807) is 30.7 Å². The summed E-state index contributed by atoms with van der Waals surface area (Å²) < 4.78 is 18.4. The quantitative estimate of drug-likeness (QED) is 0.711. The number of furan rings is 1. The zero-order valence-corrected chi connectivity index (χ0v) is 14.1. The van der Waals surface area contributed by atoms with Gasteiger partial charge < -0.3 is 9.73 Å². The third-order valence-corrected chi connectivity index (χ3v) is 4.00. The largest absolute Gasteiger partial charge is 0.463 e. The number of carbonyl (C=O) groups excluding carboxylic acids is 1. The maximum absolute atomic E-state index is 13.1. The lowest BCUT2D eigenvalue weighted by Crippen LogP contribution is -2.23. The van der Waals surface area contributed by atoms with Crippen molar-refractivity contribution >= 4 is 17.5 Å². The van der Waals surface area contributed by atoms with Crippen LogP contribution in [0.2, 0.25) is 5.02 Å². The predicted octanol–water partition coefficient (Wildman–Crippen LogP) is 4.38. The predicted molar refractivity (Wildman–Crippen MR) is 93.5 cm³/mol. The minimum atomic E-state index is -0.458. The number of hydrogen-bond donors (Lipinski definition) is 1. The van der Waals surface area contributed by atoms with Crippen LogP contribution in [0.25, 0.3) is 11.5 Å². The highest BCUT2D eigenvalue weighted by molar-refractivity contribution is 6.30. The maximum atomic E-state index is 13.1. The number of halogens is 2. The molecule has 1 N–H and O–H groups in total. The summed E-state index contributed by atoms with van der Waals surface area (Å²) in [6, 6.07) is 11.8. The van der Waals surface area contributed by atoms with Crippen molar-refractivity contribution in [2.24, 2.45) is 0 Å². The maximum Gasteiger partial charge on any atom is 0.220 e. The van der Waals surface area contributed by atoms with Crippen molar-refractivity contribution in [3.63, 3.8) is 0 Å². The Bertz CT molecular complexity index is 866. The highest BCUT2D eigenvalue weighted by atomic mass is 35.5. The van der Waals surface area contributed by atoms with Crippen LogP contribution in [0.15, 0.2) is 59.3 Å². The van der Waals surface area contributed by atoms with Gasteiger partial charge in [0.15, 0.2) is 5.76 Å². The van der Waals surface area contributed by atoms with E-state index in [1.807, 2.05) is 18.2 Å². The zero-order chi connectivity index (χ0) is 17.6. The first-order chi connectivity index (χ1) is 12.1. The van der Waals surface area contributed by atoms with E-state index >= 15 is 0 Å². The normalized spacial score (nSPS) is 10.6. The smallest absolute Gasteiger partial charge is 0.220 e. The van der Waals surface area contributed by atoms with Crippen molar-refractivity contribution in [3.05, 3.63) is 76.9 Å². The van der Waals surface area contributed by atoms with Gasteiger partial charge in [-0.2, -0.15) is 0 Å². The molecule has 1 amide bonds. The van der Waals surface area contributed by atoms with Gasteiger partial charge in [-0.05, 0) is 53.9 Å². The summed E-state index contributed by atoms with van der Waals surface area (Å²) in [5, 5.41) is 2.93. The summed E-state index contributed by atoms with van der Waals surface area (Å²) in [5.41, 5.74) is 2.47. The fraction of sp³-hybridized carbons (Fsp3) is 0.158. The van der Waals surface area contributed by atoms with Gasteiger partial charge in [-0.25, -0.2) is 4.39 Å². The Labute approximate surface area is 149 Å². The van der Waals surface area contributed by atoms with Gasteiger partial charge in [0.2, 0.25) is 5.91 Å². The van der Waals surface area contributed by atoms with Crippen LogP contribution in [0.4, 0.5) is 4.39 Å². The first-order valence-electron chi connectivity index (χ1n) is 7.81. The molecule has 3 aromatic rings. The average Bonchev–Trinajstić information content (AvgIpc) is 3.16. The Morgan fingerprint density at radius 3 is 2.84 bits per heavy atom. The molecule has 128 valence electrons. The van der Waals surface area contributed by atoms with Crippen molar-refractivity contribution in [2.75, 3.05) is 0 Å². The lowest BCUT2D eigenvalue weighted by molar-refractivity contribution is -0.121. The number of aryl methyl sites for hydroxylation is 1. The molecule has 6 heteroatoms. The molecule has 4 nitrogen and oxygen atoms in total. The molecule has 2 aromatic heterocycles. The number of hydrogen-bond acceptors (Lipinski definition) is 3. The second-order valence-electron chi connectivity index (χ2n) is 5.55. The van der Waals surface area contributed by atoms with E-state index in [4.69, 9.17) is 16.0 Å². The van der Waals surface area contributed by atoms with E-state index in [1.165, 1.54) is 6.07 Å². The molecule has 25 heavy (non-hydrogen) atoms. The second-order valence-corrected chi connectivity index (χ2v) is 5.96. The molecule has 0 radical (unpaired) electrons. The standard InChI is InChI=1S/C19H16ClFN2O2/c20-15-10-13(3-5-16(15)21)4-6-19(24)23-12-14-7-8-22-17(11-14)18-2-1-9-25-18/h1-3,5,7-11H,4,6,12H2,(H,23,24). The number of benzene rings is 1. The first-order valence-corrected chi connectivity index (χ1v) is 8.19. The van der Waals surface area contributed by atoms with E-state index in [2.05, 4.69) is 10.3 Å². The van der Waals surface area contributed by atoms with Gasteiger partial charge in [-0.1, -0.05) is 17.7 Å². The Morgan fingerprint density at radius 1 is 1.20 bits per heavy atom. The highest BCUT2D eigenvalue weighted by Crippen LogP contribution is 2.18. The fourth-order valence-electron chi connectivity index (χ4n) is 2.39. The van der Waals surface area contributed by atoms with E-state index in [0.29, 0.717) is 25.1 Å². The van der Waals surface area contributed by atoms with Crippen molar-refractivity contribution in [2.45, 2.75) is 19.4 Å². The van der Waals surface area contributed by atoms with Crippen LogP contribution in [0.1, 0.15) is 17.5 Å². The number of aromatic nitrogens is 1. The molecule has 0 aliphatic carbocycles. The van der Waals surface area contributed by atoms with E-state index in [-0.39, 0.29) is 10.9 Å². The topological polar surface area (TPSA) is 55.1 Å². The minimum absolute atomic E-state index is 0.0696. The molecule has 0 bridgehead atoms. The van der Waals surface area contributed by atoms with Crippen molar-refractivity contribution in [1.82, 2.24) is 10.3 Å². The van der Waals surface area contributed by atoms with Gasteiger partial charge in [-0.15, -0.1) is 0 Å². The number of pyridine rings is 1. The molecule has 0 spiro atoms. The van der Waals surface area contributed by atoms with Gasteiger partial charge >= 0.3 is 0 Å². The number of nitrogens with one attached hydrogen (secondary N) is 1.